The fraction of sp³-hybridized carbons (Fsp3) is 0.379. The number of piperidine rings is 1. The van der Waals surface area contributed by atoms with Crippen molar-refractivity contribution in [1.82, 2.24) is 19.8 Å². The predicted molar refractivity (Wildman–Crippen MR) is 159 cm³/mol. The molecule has 220 valence electrons. The Hall–Kier alpha value is -3.96. The summed E-state index contributed by atoms with van der Waals surface area (Å²) in [5, 5.41) is 4.93. The third kappa shape index (κ3) is 5.71. The molecule has 2 N–H and O–H groups in total. The zero-order chi connectivity index (χ0) is 30.0. The molecule has 3 aromatic rings. The Labute approximate surface area is 252 Å². The minimum Gasteiger partial charge on any atom is -0.369 e. The topological polar surface area (TPSA) is 134 Å². The molecule has 1 aromatic heterocycles. The maximum absolute atomic E-state index is 13.3. The molecular weight excluding hydrogens is 583 g/mol. The SMILES string of the molecule is Cn1c(CCCC(=O)Nc2cccc3c2C(=O)N(C2CCC(=O)NC2=O)C3=O)nc2cc(N(CCCl)CCCl)ccc21. The lowest BCUT2D eigenvalue weighted by atomic mass is 10.0. The zero-order valence-corrected chi connectivity index (χ0v) is 24.5. The second-order valence-electron chi connectivity index (χ2n) is 10.2. The van der Waals surface area contributed by atoms with Crippen molar-refractivity contribution in [2.45, 2.75) is 38.1 Å². The Morgan fingerprint density at radius 1 is 1.10 bits per heavy atom. The van der Waals surface area contributed by atoms with Crippen LogP contribution >= 0.6 is 23.2 Å². The summed E-state index contributed by atoms with van der Waals surface area (Å²) in [6, 6.07) is 9.57. The number of alkyl halides is 2. The Kier molecular flexibility index (Phi) is 8.79. The molecule has 13 heteroatoms. The van der Waals surface area contributed by atoms with Crippen molar-refractivity contribution in [3.05, 3.63) is 53.3 Å². The Morgan fingerprint density at radius 3 is 2.57 bits per heavy atom. The number of fused-ring (bicyclic) bond motifs is 2. The molecule has 1 saturated heterocycles. The molecule has 11 nitrogen and oxygen atoms in total. The summed E-state index contributed by atoms with van der Waals surface area (Å²) in [5.41, 5.74) is 3.17. The van der Waals surface area contributed by atoms with Crippen LogP contribution in [-0.2, 0) is 27.9 Å². The normalized spacial score (nSPS) is 16.6. The number of hydrogen-bond acceptors (Lipinski definition) is 7. The van der Waals surface area contributed by atoms with E-state index in [9.17, 15) is 24.0 Å². The van der Waals surface area contributed by atoms with E-state index in [2.05, 4.69) is 15.5 Å². The van der Waals surface area contributed by atoms with Gasteiger partial charge in [-0.15, -0.1) is 23.2 Å². The maximum Gasteiger partial charge on any atom is 0.264 e. The number of halogens is 2. The van der Waals surface area contributed by atoms with Crippen molar-refractivity contribution < 1.29 is 24.0 Å². The second-order valence-corrected chi connectivity index (χ2v) is 11.0. The summed E-state index contributed by atoms with van der Waals surface area (Å²) < 4.78 is 2.00. The number of aromatic nitrogens is 2. The van der Waals surface area contributed by atoms with E-state index in [-0.39, 0.29) is 42.0 Å². The number of nitrogens with one attached hydrogen (secondary N) is 2. The molecule has 42 heavy (non-hydrogen) atoms. The van der Waals surface area contributed by atoms with Crippen LogP contribution in [0, 0.1) is 0 Å². The molecular formula is C29H30Cl2N6O5. The first-order chi connectivity index (χ1) is 20.2. The van der Waals surface area contributed by atoms with Crippen LogP contribution in [0.3, 0.4) is 0 Å². The third-order valence-corrected chi connectivity index (χ3v) is 7.92. The largest absolute Gasteiger partial charge is 0.369 e. The molecule has 2 aliphatic heterocycles. The summed E-state index contributed by atoms with van der Waals surface area (Å²) in [4.78, 5) is 70.8. The lowest BCUT2D eigenvalue weighted by molar-refractivity contribution is -0.136. The summed E-state index contributed by atoms with van der Waals surface area (Å²) in [5.74, 6) is -0.946. The van der Waals surface area contributed by atoms with Gasteiger partial charge >= 0.3 is 0 Å². The number of anilines is 2. The first-order valence-corrected chi connectivity index (χ1v) is 14.8. The minimum atomic E-state index is -1.08. The molecule has 1 unspecified atom stereocenters. The van der Waals surface area contributed by atoms with Gasteiger partial charge in [-0.05, 0) is 43.2 Å². The van der Waals surface area contributed by atoms with Gasteiger partial charge in [0.15, 0.2) is 0 Å². The predicted octanol–water partition coefficient (Wildman–Crippen LogP) is 3.22. The molecule has 0 aliphatic carbocycles. The number of carbonyl (C=O) groups excluding carboxylic acids is 5. The lowest BCUT2D eigenvalue weighted by Crippen LogP contribution is -2.54. The van der Waals surface area contributed by atoms with Gasteiger partial charge in [-0.25, -0.2) is 4.98 Å². The highest BCUT2D eigenvalue weighted by molar-refractivity contribution is 6.26. The van der Waals surface area contributed by atoms with Crippen LogP contribution < -0.4 is 15.5 Å². The molecule has 3 heterocycles. The van der Waals surface area contributed by atoms with Gasteiger partial charge in [0.2, 0.25) is 17.7 Å². The van der Waals surface area contributed by atoms with Crippen LogP contribution in [0.2, 0.25) is 0 Å². The van der Waals surface area contributed by atoms with E-state index in [0.717, 1.165) is 27.4 Å². The zero-order valence-electron chi connectivity index (χ0n) is 23.0. The lowest BCUT2D eigenvalue weighted by Gasteiger charge is -2.27. The van der Waals surface area contributed by atoms with Crippen molar-refractivity contribution in [3.8, 4) is 0 Å². The van der Waals surface area contributed by atoms with E-state index in [1.165, 1.54) is 6.07 Å². The monoisotopic (exact) mass is 612 g/mol. The average molecular weight is 614 g/mol. The fourth-order valence-electron chi connectivity index (χ4n) is 5.47. The molecule has 1 fully saturated rings. The molecule has 0 bridgehead atoms. The molecule has 2 aliphatic rings. The van der Waals surface area contributed by atoms with Crippen LogP contribution in [0.4, 0.5) is 11.4 Å². The van der Waals surface area contributed by atoms with Gasteiger partial charge in [0.25, 0.3) is 11.8 Å². The molecule has 0 radical (unpaired) electrons. The smallest absolute Gasteiger partial charge is 0.264 e. The van der Waals surface area contributed by atoms with Crippen LogP contribution in [0.1, 0.15) is 52.2 Å². The number of benzene rings is 2. The van der Waals surface area contributed by atoms with Gasteiger partial charge in [0, 0.05) is 56.8 Å². The van der Waals surface area contributed by atoms with Crippen LogP contribution in [-0.4, -0.2) is 74.9 Å². The molecule has 0 spiro atoms. The molecule has 5 amide bonds. The van der Waals surface area contributed by atoms with Crippen LogP contribution in [0.5, 0.6) is 0 Å². The third-order valence-electron chi connectivity index (χ3n) is 7.58. The number of rotatable bonds is 11. The first-order valence-electron chi connectivity index (χ1n) is 13.7. The van der Waals surface area contributed by atoms with Gasteiger partial charge in [-0.2, -0.15) is 0 Å². The van der Waals surface area contributed by atoms with Crippen LogP contribution in [0.15, 0.2) is 36.4 Å². The highest BCUT2D eigenvalue weighted by Gasteiger charge is 2.45. The van der Waals surface area contributed by atoms with E-state index in [4.69, 9.17) is 28.2 Å². The van der Waals surface area contributed by atoms with E-state index in [1.54, 1.807) is 12.1 Å². The molecule has 2 aromatic carbocycles. The van der Waals surface area contributed by atoms with Gasteiger partial charge in [-0.1, -0.05) is 6.07 Å². The highest BCUT2D eigenvalue weighted by Crippen LogP contribution is 2.32. The Balaban J connectivity index is 1.23. The van der Waals surface area contributed by atoms with Crippen molar-refractivity contribution >= 4 is 75.1 Å². The quantitative estimate of drug-likeness (QED) is 0.251. The van der Waals surface area contributed by atoms with Crippen LogP contribution in [0.25, 0.3) is 11.0 Å². The minimum absolute atomic E-state index is 0.0284. The van der Waals surface area contributed by atoms with E-state index in [0.29, 0.717) is 37.7 Å². The van der Waals surface area contributed by atoms with Crippen molar-refractivity contribution in [1.29, 1.82) is 0 Å². The Bertz CT molecular complexity index is 1580. The van der Waals surface area contributed by atoms with Gasteiger partial charge in [-0.3, -0.25) is 34.2 Å². The molecule has 0 saturated carbocycles. The van der Waals surface area contributed by atoms with E-state index < -0.39 is 29.7 Å². The van der Waals surface area contributed by atoms with Crippen molar-refractivity contribution in [2.24, 2.45) is 7.05 Å². The van der Waals surface area contributed by atoms with Crippen molar-refractivity contribution in [2.75, 3.05) is 35.1 Å². The number of amides is 5. The summed E-state index contributed by atoms with van der Waals surface area (Å²) >= 11 is 11.9. The average Bonchev–Trinajstić information content (AvgIpc) is 3.41. The number of aryl methyl sites for hydroxylation is 2. The fourth-order valence-corrected chi connectivity index (χ4v) is 5.88. The number of imidazole rings is 1. The first kappa shape index (κ1) is 29.5. The number of carbonyl (C=O) groups is 5. The maximum atomic E-state index is 13.3. The standard InChI is InChI=1S/C29H30Cl2N6O5/c1-35-21-9-8-17(36(14-12-30)15-13-31)16-20(21)32-23(35)6-3-7-24(38)33-19-5-2-4-18-26(19)29(42)37(28(18)41)22-10-11-25(39)34-27(22)40/h2,4-5,8-9,16,22H,3,6-7,10-15H2,1H3,(H,33,38)(H,34,39,40). The van der Waals surface area contributed by atoms with Crippen molar-refractivity contribution in [3.63, 3.8) is 0 Å². The number of hydrogen-bond donors (Lipinski definition) is 2. The van der Waals surface area contributed by atoms with E-state index >= 15 is 0 Å². The highest BCUT2D eigenvalue weighted by atomic mass is 35.5. The van der Waals surface area contributed by atoms with Gasteiger partial charge in [0.1, 0.15) is 11.9 Å². The summed E-state index contributed by atoms with van der Waals surface area (Å²) in [6.45, 7) is 1.35. The van der Waals surface area contributed by atoms with Gasteiger partial charge in [0.05, 0.1) is 27.8 Å². The number of imide groups is 2. The number of nitrogens with zero attached hydrogens (tertiary/aromatic N) is 4. The van der Waals surface area contributed by atoms with Gasteiger partial charge < -0.3 is 14.8 Å². The van der Waals surface area contributed by atoms with E-state index in [1.807, 2.05) is 29.8 Å². The Morgan fingerprint density at radius 2 is 1.86 bits per heavy atom. The summed E-state index contributed by atoms with van der Waals surface area (Å²) in [6.07, 6.45) is 1.30. The molecule has 5 rings (SSSR count). The molecule has 1 atom stereocenters. The summed E-state index contributed by atoms with van der Waals surface area (Å²) in [7, 11) is 1.93. The second kappa shape index (κ2) is 12.5.